The molecule has 0 spiro atoms. The number of aryl methyl sites for hydroxylation is 1. The molecule has 0 unspecified atom stereocenters. The highest BCUT2D eigenvalue weighted by Gasteiger charge is 2.04. The number of carboxylic acid groups (broad SMARTS) is 2. The highest BCUT2D eigenvalue weighted by Crippen LogP contribution is 2.21. The maximum atomic E-state index is 9.10. The lowest BCUT2D eigenvalue weighted by atomic mass is 10.2. The van der Waals surface area contributed by atoms with Crippen LogP contribution in [0.2, 0.25) is 0 Å². The van der Waals surface area contributed by atoms with E-state index in [4.69, 9.17) is 30.3 Å². The zero-order valence-electron chi connectivity index (χ0n) is 11.7. The van der Waals surface area contributed by atoms with Gasteiger partial charge in [0.2, 0.25) is 0 Å². The van der Waals surface area contributed by atoms with E-state index in [0.717, 1.165) is 25.3 Å². The summed E-state index contributed by atoms with van der Waals surface area (Å²) < 4.78 is 7.41. The van der Waals surface area contributed by atoms with Crippen LogP contribution in [0.15, 0.2) is 30.5 Å². The van der Waals surface area contributed by atoms with Crippen molar-refractivity contribution in [2.24, 2.45) is 5.73 Å². The molecule has 0 saturated carbocycles. The van der Waals surface area contributed by atoms with Gasteiger partial charge >= 0.3 is 11.9 Å². The monoisotopic (exact) mass is 294 g/mol. The summed E-state index contributed by atoms with van der Waals surface area (Å²) in [5.74, 6) is -2.75. The number of carboxylic acids is 2. The Kier molecular flexibility index (Phi) is 6.22. The Bertz CT molecular complexity index is 609. The summed E-state index contributed by atoms with van der Waals surface area (Å²) in [7, 11) is 1.69. The molecule has 0 bridgehead atoms. The second-order valence-electron chi connectivity index (χ2n) is 4.19. The highest BCUT2D eigenvalue weighted by atomic mass is 16.5. The summed E-state index contributed by atoms with van der Waals surface area (Å²) in [6.07, 6.45) is 3.11. The van der Waals surface area contributed by atoms with Crippen molar-refractivity contribution in [3.8, 4) is 5.75 Å². The molecule has 0 saturated heterocycles. The van der Waals surface area contributed by atoms with Crippen LogP contribution in [0.3, 0.4) is 0 Å². The number of nitrogens with zero attached hydrogens (tertiary/aromatic N) is 1. The first-order valence-electron chi connectivity index (χ1n) is 6.28. The molecular formula is C14H18N2O5. The zero-order chi connectivity index (χ0) is 15.8. The number of rotatable bonds is 4. The summed E-state index contributed by atoms with van der Waals surface area (Å²) in [6, 6.07) is 8.23. The molecule has 0 aliphatic carbocycles. The molecular weight excluding hydrogens is 276 g/mol. The fraction of sp³-hybridized carbons (Fsp3) is 0.286. The lowest BCUT2D eigenvalue weighted by Crippen LogP contribution is -2.09. The standard InChI is InChI=1S/C12H16N2O.C2H2O4/c1-15-11-3-4-12-10(9-11)5-8-14(12)7-2-6-13;3-1(4)2(5)6/h3-5,8-9H,2,6-7,13H2,1H3;(H,3,4)(H,5,6). The molecule has 0 atom stereocenters. The Morgan fingerprint density at radius 3 is 2.43 bits per heavy atom. The van der Waals surface area contributed by atoms with Crippen molar-refractivity contribution in [3.63, 3.8) is 0 Å². The predicted molar refractivity (Wildman–Crippen MR) is 77.4 cm³/mol. The molecule has 0 amide bonds. The molecule has 0 aliphatic heterocycles. The van der Waals surface area contributed by atoms with Crippen molar-refractivity contribution >= 4 is 22.8 Å². The smallest absolute Gasteiger partial charge is 0.414 e. The van der Waals surface area contributed by atoms with Gasteiger partial charge in [-0.1, -0.05) is 0 Å². The molecule has 0 fully saturated rings. The Morgan fingerprint density at radius 2 is 1.90 bits per heavy atom. The van der Waals surface area contributed by atoms with Crippen molar-refractivity contribution in [2.75, 3.05) is 13.7 Å². The van der Waals surface area contributed by atoms with Gasteiger partial charge in [0.25, 0.3) is 0 Å². The number of fused-ring (bicyclic) bond motifs is 1. The Labute approximate surface area is 121 Å². The number of methoxy groups -OCH3 is 1. The first kappa shape index (κ1) is 16.5. The molecule has 1 aromatic heterocycles. The largest absolute Gasteiger partial charge is 0.497 e. The number of ether oxygens (including phenoxy) is 1. The third kappa shape index (κ3) is 4.81. The predicted octanol–water partition coefficient (Wildman–Crippen LogP) is 1.15. The topological polar surface area (TPSA) is 115 Å². The van der Waals surface area contributed by atoms with Gasteiger partial charge in [-0.25, -0.2) is 9.59 Å². The van der Waals surface area contributed by atoms with Crippen LogP contribution in [-0.4, -0.2) is 40.4 Å². The summed E-state index contributed by atoms with van der Waals surface area (Å²) in [6.45, 7) is 1.71. The summed E-state index contributed by atoms with van der Waals surface area (Å²) in [5, 5.41) is 16.0. The number of hydrogen-bond donors (Lipinski definition) is 3. The first-order chi connectivity index (χ1) is 9.99. The Morgan fingerprint density at radius 1 is 1.24 bits per heavy atom. The fourth-order valence-electron chi connectivity index (χ4n) is 1.76. The van der Waals surface area contributed by atoms with Gasteiger partial charge in [-0.2, -0.15) is 0 Å². The van der Waals surface area contributed by atoms with Gasteiger partial charge in [-0.15, -0.1) is 0 Å². The van der Waals surface area contributed by atoms with Crippen LogP contribution >= 0.6 is 0 Å². The van der Waals surface area contributed by atoms with E-state index in [0.29, 0.717) is 0 Å². The van der Waals surface area contributed by atoms with Crippen molar-refractivity contribution in [1.82, 2.24) is 4.57 Å². The number of carbonyl (C=O) groups is 2. The second-order valence-corrected chi connectivity index (χ2v) is 4.19. The average molecular weight is 294 g/mol. The van der Waals surface area contributed by atoms with Gasteiger partial charge in [-0.3, -0.25) is 0 Å². The highest BCUT2D eigenvalue weighted by molar-refractivity contribution is 6.27. The quantitative estimate of drug-likeness (QED) is 0.729. The lowest BCUT2D eigenvalue weighted by molar-refractivity contribution is -0.159. The molecule has 2 rings (SSSR count). The van der Waals surface area contributed by atoms with Gasteiger partial charge in [0.05, 0.1) is 7.11 Å². The van der Waals surface area contributed by atoms with E-state index in [2.05, 4.69) is 22.9 Å². The van der Waals surface area contributed by atoms with E-state index >= 15 is 0 Å². The summed E-state index contributed by atoms with van der Waals surface area (Å²) >= 11 is 0. The third-order valence-electron chi connectivity index (χ3n) is 2.76. The molecule has 7 heteroatoms. The molecule has 1 heterocycles. The molecule has 7 nitrogen and oxygen atoms in total. The van der Waals surface area contributed by atoms with Crippen LogP contribution < -0.4 is 10.5 Å². The SMILES string of the molecule is COc1ccc2c(ccn2CCCN)c1.O=C(O)C(=O)O. The molecule has 21 heavy (non-hydrogen) atoms. The van der Waals surface area contributed by atoms with Crippen molar-refractivity contribution in [2.45, 2.75) is 13.0 Å². The van der Waals surface area contributed by atoms with Gasteiger partial charge in [0.15, 0.2) is 0 Å². The van der Waals surface area contributed by atoms with E-state index in [1.54, 1.807) is 7.11 Å². The minimum absolute atomic E-state index is 0.732. The van der Waals surface area contributed by atoms with Gasteiger partial charge in [0.1, 0.15) is 5.75 Å². The third-order valence-corrected chi connectivity index (χ3v) is 2.76. The summed E-state index contributed by atoms with van der Waals surface area (Å²) in [4.78, 5) is 18.2. The molecule has 0 aliphatic rings. The van der Waals surface area contributed by atoms with E-state index in [1.165, 1.54) is 10.9 Å². The van der Waals surface area contributed by atoms with Gasteiger partial charge in [-0.05, 0) is 37.2 Å². The molecule has 1 aromatic carbocycles. The van der Waals surface area contributed by atoms with E-state index in [1.807, 2.05) is 12.1 Å². The average Bonchev–Trinajstić information content (AvgIpc) is 2.87. The van der Waals surface area contributed by atoms with Crippen molar-refractivity contribution < 1.29 is 24.5 Å². The Hall–Kier alpha value is -2.54. The first-order valence-corrected chi connectivity index (χ1v) is 6.28. The van der Waals surface area contributed by atoms with Crippen molar-refractivity contribution in [3.05, 3.63) is 30.5 Å². The second kappa shape index (κ2) is 7.91. The molecule has 0 radical (unpaired) electrons. The zero-order valence-corrected chi connectivity index (χ0v) is 11.7. The van der Waals surface area contributed by atoms with Gasteiger partial charge in [0, 0.05) is 23.6 Å². The normalized spacial score (nSPS) is 9.81. The number of nitrogens with two attached hydrogens (primary N) is 1. The number of aromatic nitrogens is 1. The molecule has 114 valence electrons. The molecule has 2 aromatic rings. The lowest BCUT2D eigenvalue weighted by Gasteiger charge is -2.04. The van der Waals surface area contributed by atoms with Crippen LogP contribution in [0, 0.1) is 0 Å². The van der Waals surface area contributed by atoms with Crippen LogP contribution in [0.4, 0.5) is 0 Å². The number of hydrogen-bond acceptors (Lipinski definition) is 4. The van der Waals surface area contributed by atoms with E-state index in [-0.39, 0.29) is 0 Å². The van der Waals surface area contributed by atoms with Crippen LogP contribution in [0.5, 0.6) is 5.75 Å². The maximum absolute atomic E-state index is 9.10. The van der Waals surface area contributed by atoms with Crippen LogP contribution in [-0.2, 0) is 16.1 Å². The van der Waals surface area contributed by atoms with Crippen LogP contribution in [0.1, 0.15) is 6.42 Å². The number of aliphatic carboxylic acids is 2. The molecule has 4 N–H and O–H groups in total. The minimum Gasteiger partial charge on any atom is -0.497 e. The van der Waals surface area contributed by atoms with Crippen LogP contribution in [0.25, 0.3) is 10.9 Å². The number of benzene rings is 1. The van der Waals surface area contributed by atoms with Gasteiger partial charge < -0.3 is 25.3 Å². The fourth-order valence-corrected chi connectivity index (χ4v) is 1.76. The Balaban J connectivity index is 0.000000315. The maximum Gasteiger partial charge on any atom is 0.414 e. The van der Waals surface area contributed by atoms with Crippen molar-refractivity contribution in [1.29, 1.82) is 0 Å². The summed E-state index contributed by atoms with van der Waals surface area (Å²) in [5.41, 5.74) is 6.74. The van der Waals surface area contributed by atoms with E-state index in [9.17, 15) is 0 Å². The van der Waals surface area contributed by atoms with E-state index < -0.39 is 11.9 Å². The minimum atomic E-state index is -1.82.